The molecule has 0 unspecified atom stereocenters. The molecule has 29 heavy (non-hydrogen) atoms. The maximum absolute atomic E-state index is 13.1. The van der Waals surface area contributed by atoms with Crippen molar-refractivity contribution in [2.45, 2.75) is 32.6 Å². The fourth-order valence-electron chi connectivity index (χ4n) is 2.70. The van der Waals surface area contributed by atoms with E-state index < -0.39 is 11.9 Å². The smallest absolute Gasteiger partial charge is 0.434 e. The van der Waals surface area contributed by atoms with Crippen molar-refractivity contribution in [3.05, 3.63) is 47.3 Å². The highest BCUT2D eigenvalue weighted by Gasteiger charge is 2.35. The molecule has 11 heteroatoms. The summed E-state index contributed by atoms with van der Waals surface area (Å²) in [6.07, 6.45) is -2.22. The van der Waals surface area contributed by atoms with Gasteiger partial charge in [-0.1, -0.05) is 12.1 Å². The van der Waals surface area contributed by atoms with Crippen LogP contribution in [-0.2, 0) is 12.7 Å². The van der Waals surface area contributed by atoms with Crippen molar-refractivity contribution < 1.29 is 17.9 Å². The highest BCUT2D eigenvalue weighted by atomic mass is 35.5. The van der Waals surface area contributed by atoms with Crippen LogP contribution in [0, 0.1) is 0 Å². The van der Waals surface area contributed by atoms with E-state index >= 15 is 0 Å². The summed E-state index contributed by atoms with van der Waals surface area (Å²) in [6, 6.07) is 4.89. The Morgan fingerprint density at radius 2 is 1.97 bits per heavy atom. The van der Waals surface area contributed by atoms with Gasteiger partial charge in [0.1, 0.15) is 17.9 Å². The number of methoxy groups -OCH3 is 1. The van der Waals surface area contributed by atoms with Crippen LogP contribution in [0.25, 0.3) is 11.4 Å². The van der Waals surface area contributed by atoms with Gasteiger partial charge in [0, 0.05) is 29.9 Å². The second-order valence-corrected chi connectivity index (χ2v) is 6.74. The Morgan fingerprint density at radius 1 is 1.21 bits per heavy atom. The summed E-state index contributed by atoms with van der Waals surface area (Å²) >= 11 is 5.73. The zero-order valence-corrected chi connectivity index (χ0v) is 16.6. The van der Waals surface area contributed by atoms with Crippen molar-refractivity contribution >= 4 is 17.5 Å². The van der Waals surface area contributed by atoms with Crippen molar-refractivity contribution in [3.63, 3.8) is 0 Å². The van der Waals surface area contributed by atoms with Gasteiger partial charge in [-0.25, -0.2) is 15.0 Å². The number of halogens is 4. The van der Waals surface area contributed by atoms with Crippen LogP contribution in [0.3, 0.4) is 0 Å². The molecule has 0 saturated heterocycles. The number of benzene rings is 1. The van der Waals surface area contributed by atoms with Crippen LogP contribution in [0.15, 0.2) is 30.7 Å². The molecule has 0 fully saturated rings. The van der Waals surface area contributed by atoms with Gasteiger partial charge >= 0.3 is 6.18 Å². The number of anilines is 1. The van der Waals surface area contributed by atoms with Crippen molar-refractivity contribution in [1.82, 2.24) is 24.5 Å². The van der Waals surface area contributed by atoms with Crippen LogP contribution in [0.5, 0.6) is 5.75 Å². The second kappa shape index (κ2) is 8.24. The second-order valence-electron chi connectivity index (χ2n) is 6.41. The van der Waals surface area contributed by atoms with Gasteiger partial charge in [-0.3, -0.25) is 0 Å². The SMILES string of the molecule is COc1cc(-c2nc(C(F)(F)F)cn2C(C)C)ccc1CNc1ncnc(Cl)n1. The molecule has 0 aliphatic carbocycles. The molecule has 2 heterocycles. The molecule has 0 aliphatic rings. The van der Waals surface area contributed by atoms with E-state index in [2.05, 4.69) is 25.3 Å². The van der Waals surface area contributed by atoms with E-state index in [1.807, 2.05) is 0 Å². The fraction of sp³-hybridized carbons (Fsp3) is 0.333. The van der Waals surface area contributed by atoms with Gasteiger partial charge in [0.15, 0.2) is 5.69 Å². The van der Waals surface area contributed by atoms with E-state index in [9.17, 15) is 13.2 Å². The quantitative estimate of drug-likeness (QED) is 0.620. The van der Waals surface area contributed by atoms with E-state index in [1.54, 1.807) is 32.0 Å². The Kier molecular flexibility index (Phi) is 5.92. The fourth-order valence-corrected chi connectivity index (χ4v) is 2.83. The van der Waals surface area contributed by atoms with Crippen LogP contribution in [-0.4, -0.2) is 31.6 Å². The predicted octanol–water partition coefficient (Wildman–Crippen LogP) is 4.61. The third-order valence-electron chi connectivity index (χ3n) is 4.10. The van der Waals surface area contributed by atoms with E-state index in [0.717, 1.165) is 11.8 Å². The molecule has 0 aliphatic heterocycles. The summed E-state index contributed by atoms with van der Waals surface area (Å²) in [7, 11) is 1.48. The average molecular weight is 427 g/mol. The summed E-state index contributed by atoms with van der Waals surface area (Å²) < 4.78 is 46.3. The molecule has 7 nitrogen and oxygen atoms in total. The predicted molar refractivity (Wildman–Crippen MR) is 102 cm³/mol. The zero-order valence-electron chi connectivity index (χ0n) is 15.8. The monoisotopic (exact) mass is 426 g/mol. The highest BCUT2D eigenvalue weighted by molar-refractivity contribution is 6.28. The summed E-state index contributed by atoms with van der Waals surface area (Å²) in [5.74, 6) is 0.998. The average Bonchev–Trinajstić information content (AvgIpc) is 3.12. The van der Waals surface area contributed by atoms with Crippen LogP contribution in [0.2, 0.25) is 5.28 Å². The summed E-state index contributed by atoms with van der Waals surface area (Å²) in [5, 5.41) is 3.05. The minimum Gasteiger partial charge on any atom is -0.496 e. The van der Waals surface area contributed by atoms with Crippen molar-refractivity contribution in [3.8, 4) is 17.1 Å². The lowest BCUT2D eigenvalue weighted by atomic mass is 10.1. The van der Waals surface area contributed by atoms with Crippen LogP contribution < -0.4 is 10.1 Å². The lowest BCUT2D eigenvalue weighted by molar-refractivity contribution is -0.140. The summed E-state index contributed by atoms with van der Waals surface area (Å²) in [6.45, 7) is 3.90. The first-order valence-corrected chi connectivity index (χ1v) is 8.98. The van der Waals surface area contributed by atoms with E-state index in [1.165, 1.54) is 18.0 Å². The summed E-state index contributed by atoms with van der Waals surface area (Å²) in [5.41, 5.74) is 0.335. The van der Waals surface area contributed by atoms with Gasteiger partial charge in [-0.15, -0.1) is 0 Å². The number of hydrogen-bond donors (Lipinski definition) is 1. The van der Waals surface area contributed by atoms with E-state index in [-0.39, 0.29) is 17.1 Å². The minimum absolute atomic E-state index is 0.0609. The molecule has 0 radical (unpaired) electrons. The molecule has 1 aromatic carbocycles. The number of alkyl halides is 3. The topological polar surface area (TPSA) is 77.8 Å². The van der Waals surface area contributed by atoms with Crippen molar-refractivity contribution in [2.75, 3.05) is 12.4 Å². The highest BCUT2D eigenvalue weighted by Crippen LogP contribution is 2.34. The Labute approximate surface area is 169 Å². The molecule has 0 amide bonds. The summed E-state index contributed by atoms with van der Waals surface area (Å²) in [4.78, 5) is 15.4. The Bertz CT molecular complexity index is 1010. The number of aromatic nitrogens is 5. The van der Waals surface area contributed by atoms with Gasteiger partial charge in [0.2, 0.25) is 11.2 Å². The van der Waals surface area contributed by atoms with E-state index in [4.69, 9.17) is 16.3 Å². The first-order chi connectivity index (χ1) is 13.7. The van der Waals surface area contributed by atoms with Crippen LogP contribution in [0.1, 0.15) is 31.1 Å². The molecule has 3 rings (SSSR count). The lowest BCUT2D eigenvalue weighted by Crippen LogP contribution is -2.06. The molecule has 1 N–H and O–H groups in total. The number of hydrogen-bond acceptors (Lipinski definition) is 6. The number of rotatable bonds is 6. The maximum Gasteiger partial charge on any atom is 0.434 e. The number of imidazole rings is 1. The number of ether oxygens (including phenoxy) is 1. The minimum atomic E-state index is -4.52. The molecule has 0 bridgehead atoms. The van der Waals surface area contributed by atoms with Gasteiger partial charge in [0.05, 0.1) is 7.11 Å². The molecule has 154 valence electrons. The largest absolute Gasteiger partial charge is 0.496 e. The first-order valence-electron chi connectivity index (χ1n) is 8.60. The molecule has 0 atom stereocenters. The molecule has 0 saturated carbocycles. The third-order valence-corrected chi connectivity index (χ3v) is 4.29. The van der Waals surface area contributed by atoms with E-state index in [0.29, 0.717) is 23.8 Å². The third kappa shape index (κ3) is 4.76. The first kappa shape index (κ1) is 20.8. The number of nitrogens with one attached hydrogen (secondary N) is 1. The zero-order chi connectivity index (χ0) is 21.2. The van der Waals surface area contributed by atoms with Gasteiger partial charge in [0.25, 0.3) is 0 Å². The lowest BCUT2D eigenvalue weighted by Gasteiger charge is -2.14. The molecular weight excluding hydrogens is 409 g/mol. The van der Waals surface area contributed by atoms with Gasteiger partial charge < -0.3 is 14.6 Å². The molecule has 2 aromatic heterocycles. The standard InChI is InChI=1S/C18H18ClF3N6O/c1-10(2)28-8-14(18(20,21)22)26-15(28)11-4-5-12(13(6-11)29-3)7-23-17-25-9-24-16(19)27-17/h4-6,8-10H,7H2,1-3H3,(H,23,24,25,27). The van der Waals surface area contributed by atoms with Gasteiger partial charge in [-0.2, -0.15) is 18.2 Å². The Balaban J connectivity index is 1.91. The normalized spacial score (nSPS) is 11.7. The number of nitrogens with zero attached hydrogens (tertiary/aromatic N) is 5. The molecule has 3 aromatic rings. The Morgan fingerprint density at radius 3 is 2.59 bits per heavy atom. The van der Waals surface area contributed by atoms with Crippen LogP contribution >= 0.6 is 11.6 Å². The maximum atomic E-state index is 13.1. The van der Waals surface area contributed by atoms with Crippen molar-refractivity contribution in [1.29, 1.82) is 0 Å². The molecular formula is C18H18ClF3N6O. The Hall–Kier alpha value is -2.88. The van der Waals surface area contributed by atoms with Gasteiger partial charge in [-0.05, 0) is 31.5 Å². The molecule has 0 spiro atoms. The van der Waals surface area contributed by atoms with Crippen LogP contribution in [0.4, 0.5) is 19.1 Å². The van der Waals surface area contributed by atoms with Crippen molar-refractivity contribution in [2.24, 2.45) is 0 Å².